The molecular weight excluding hydrogens is 387 g/mol. The van der Waals surface area contributed by atoms with Gasteiger partial charge in [0.1, 0.15) is 17.6 Å². The van der Waals surface area contributed by atoms with Gasteiger partial charge in [0.2, 0.25) is 0 Å². The number of likely N-dealkylation sites (tertiary alicyclic amines) is 1. The Kier molecular flexibility index (Phi) is 7.22. The van der Waals surface area contributed by atoms with E-state index in [4.69, 9.17) is 26.8 Å². The van der Waals surface area contributed by atoms with Gasteiger partial charge in [-0.2, -0.15) is 0 Å². The van der Waals surface area contributed by atoms with Gasteiger partial charge in [0.05, 0.1) is 23.4 Å². The van der Waals surface area contributed by atoms with E-state index >= 15 is 0 Å². The van der Waals surface area contributed by atoms with Gasteiger partial charge in [0, 0.05) is 32.0 Å². The number of benzene rings is 2. The van der Waals surface area contributed by atoms with Crippen LogP contribution in [0.1, 0.15) is 28.8 Å². The lowest BCUT2D eigenvalue weighted by molar-refractivity contribution is 0.0592. The Bertz CT molecular complexity index is 789. The maximum atomic E-state index is 12.9. The number of anilines is 1. The Labute approximate surface area is 170 Å². The zero-order valence-corrected chi connectivity index (χ0v) is 17.0. The van der Waals surface area contributed by atoms with Crippen molar-refractivity contribution >= 4 is 35.6 Å². The SMILES string of the molecule is COc1cc(N)c(Cl)cc1C(=O)N1CCC(Oc2ccc(C)cc2)CC1.Cl. The van der Waals surface area contributed by atoms with Crippen molar-refractivity contribution in [3.63, 3.8) is 0 Å². The molecule has 27 heavy (non-hydrogen) atoms. The Balaban J connectivity index is 0.00000261. The van der Waals surface area contributed by atoms with E-state index in [1.165, 1.54) is 12.7 Å². The first-order valence-corrected chi connectivity index (χ1v) is 9.01. The minimum atomic E-state index is -0.0995. The number of nitrogens with two attached hydrogens (primary N) is 1. The third-order valence-electron chi connectivity index (χ3n) is 4.60. The highest BCUT2D eigenvalue weighted by Crippen LogP contribution is 2.30. The maximum Gasteiger partial charge on any atom is 0.257 e. The van der Waals surface area contributed by atoms with Crippen molar-refractivity contribution in [3.05, 3.63) is 52.5 Å². The van der Waals surface area contributed by atoms with E-state index in [-0.39, 0.29) is 24.4 Å². The third-order valence-corrected chi connectivity index (χ3v) is 4.93. The standard InChI is InChI=1S/C20H23ClN2O3.ClH/c1-13-3-5-14(6-4-13)26-15-7-9-23(10-8-15)20(24)16-11-17(21)18(22)12-19(16)25-2;/h3-6,11-12,15H,7-10,22H2,1-2H3;1H. The number of piperidine rings is 1. The molecule has 2 aromatic rings. The molecule has 7 heteroatoms. The number of methoxy groups -OCH3 is 1. The van der Waals surface area contributed by atoms with Crippen molar-refractivity contribution in [2.75, 3.05) is 25.9 Å². The van der Waals surface area contributed by atoms with Crippen LogP contribution >= 0.6 is 24.0 Å². The highest BCUT2D eigenvalue weighted by Gasteiger charge is 2.27. The van der Waals surface area contributed by atoms with E-state index < -0.39 is 0 Å². The number of amides is 1. The number of nitrogens with zero attached hydrogens (tertiary/aromatic N) is 1. The Morgan fingerprint density at radius 2 is 1.81 bits per heavy atom. The van der Waals surface area contributed by atoms with Crippen LogP contribution in [0.2, 0.25) is 5.02 Å². The monoisotopic (exact) mass is 410 g/mol. The largest absolute Gasteiger partial charge is 0.496 e. The number of carbonyl (C=O) groups is 1. The molecule has 1 saturated heterocycles. The van der Waals surface area contributed by atoms with Gasteiger partial charge in [-0.15, -0.1) is 12.4 Å². The first-order chi connectivity index (χ1) is 12.5. The lowest BCUT2D eigenvalue weighted by Gasteiger charge is -2.32. The summed E-state index contributed by atoms with van der Waals surface area (Å²) in [5.41, 5.74) is 7.82. The van der Waals surface area contributed by atoms with Gasteiger partial charge < -0.3 is 20.1 Å². The molecule has 0 spiro atoms. The second kappa shape index (κ2) is 9.20. The fraction of sp³-hybridized carbons (Fsp3) is 0.350. The van der Waals surface area contributed by atoms with E-state index in [2.05, 4.69) is 0 Å². The molecule has 1 aliphatic heterocycles. The number of halogens is 2. The molecular formula is C20H24Cl2N2O3. The van der Waals surface area contributed by atoms with Gasteiger partial charge in [-0.1, -0.05) is 29.3 Å². The summed E-state index contributed by atoms with van der Waals surface area (Å²) in [5, 5.41) is 0.353. The molecule has 0 saturated carbocycles. The third kappa shape index (κ3) is 4.99. The van der Waals surface area contributed by atoms with Crippen LogP contribution in [0.15, 0.2) is 36.4 Å². The molecule has 1 amide bonds. The van der Waals surface area contributed by atoms with Gasteiger partial charge in [0.25, 0.3) is 5.91 Å². The van der Waals surface area contributed by atoms with Crippen LogP contribution < -0.4 is 15.2 Å². The number of ether oxygens (including phenoxy) is 2. The molecule has 1 fully saturated rings. The summed E-state index contributed by atoms with van der Waals surface area (Å²) < 4.78 is 11.3. The quantitative estimate of drug-likeness (QED) is 0.760. The summed E-state index contributed by atoms with van der Waals surface area (Å²) in [6.07, 6.45) is 1.67. The van der Waals surface area contributed by atoms with Crippen LogP contribution in [0.4, 0.5) is 5.69 Å². The predicted molar refractivity (Wildman–Crippen MR) is 110 cm³/mol. The number of rotatable bonds is 4. The average Bonchev–Trinajstić information content (AvgIpc) is 2.65. The zero-order chi connectivity index (χ0) is 18.7. The van der Waals surface area contributed by atoms with Crippen LogP contribution in [0.5, 0.6) is 11.5 Å². The molecule has 5 nitrogen and oxygen atoms in total. The van der Waals surface area contributed by atoms with Crippen molar-refractivity contribution in [2.24, 2.45) is 0 Å². The lowest BCUT2D eigenvalue weighted by atomic mass is 10.1. The Hall–Kier alpha value is -2.11. The van der Waals surface area contributed by atoms with Crippen LogP contribution in [-0.2, 0) is 0 Å². The molecule has 3 rings (SSSR count). The molecule has 2 aromatic carbocycles. The van der Waals surface area contributed by atoms with E-state index in [1.54, 1.807) is 17.0 Å². The number of hydrogen-bond acceptors (Lipinski definition) is 4. The predicted octanol–water partition coefficient (Wildman–Crippen LogP) is 4.34. The molecule has 1 aliphatic rings. The number of nitrogen functional groups attached to an aromatic ring is 1. The fourth-order valence-electron chi connectivity index (χ4n) is 3.06. The molecule has 146 valence electrons. The Morgan fingerprint density at radius 1 is 1.19 bits per heavy atom. The first-order valence-electron chi connectivity index (χ1n) is 8.63. The van der Waals surface area contributed by atoms with E-state index in [1.807, 2.05) is 31.2 Å². The van der Waals surface area contributed by atoms with Crippen LogP contribution in [-0.4, -0.2) is 37.1 Å². The van der Waals surface area contributed by atoms with Crippen molar-refractivity contribution < 1.29 is 14.3 Å². The van der Waals surface area contributed by atoms with Crippen molar-refractivity contribution in [2.45, 2.75) is 25.9 Å². The van der Waals surface area contributed by atoms with E-state index in [0.29, 0.717) is 35.1 Å². The molecule has 0 bridgehead atoms. The van der Waals surface area contributed by atoms with Gasteiger partial charge in [-0.05, 0) is 25.1 Å². The highest BCUT2D eigenvalue weighted by molar-refractivity contribution is 6.33. The lowest BCUT2D eigenvalue weighted by Crippen LogP contribution is -2.41. The normalized spacial score (nSPS) is 14.4. The minimum Gasteiger partial charge on any atom is -0.496 e. The van der Waals surface area contributed by atoms with Gasteiger partial charge in [-0.25, -0.2) is 0 Å². The van der Waals surface area contributed by atoms with Gasteiger partial charge >= 0.3 is 0 Å². The summed E-state index contributed by atoms with van der Waals surface area (Å²) in [5.74, 6) is 1.21. The summed E-state index contributed by atoms with van der Waals surface area (Å²) >= 11 is 6.08. The molecule has 2 N–H and O–H groups in total. The van der Waals surface area contributed by atoms with Crippen LogP contribution in [0.3, 0.4) is 0 Å². The van der Waals surface area contributed by atoms with Crippen molar-refractivity contribution in [3.8, 4) is 11.5 Å². The van der Waals surface area contributed by atoms with Crippen LogP contribution in [0, 0.1) is 6.92 Å². The molecule has 0 radical (unpaired) electrons. The van der Waals surface area contributed by atoms with E-state index in [9.17, 15) is 4.79 Å². The summed E-state index contributed by atoms with van der Waals surface area (Å²) in [7, 11) is 1.51. The number of hydrogen-bond donors (Lipinski definition) is 1. The zero-order valence-electron chi connectivity index (χ0n) is 15.4. The highest BCUT2D eigenvalue weighted by atomic mass is 35.5. The molecule has 0 aromatic heterocycles. The topological polar surface area (TPSA) is 64.8 Å². The summed E-state index contributed by atoms with van der Waals surface area (Å²) in [6, 6.07) is 11.2. The number of carbonyl (C=O) groups excluding carboxylic acids is 1. The molecule has 0 unspecified atom stereocenters. The molecule has 1 heterocycles. The van der Waals surface area contributed by atoms with E-state index in [0.717, 1.165) is 18.6 Å². The smallest absolute Gasteiger partial charge is 0.257 e. The molecule has 0 aliphatic carbocycles. The number of aryl methyl sites for hydroxylation is 1. The van der Waals surface area contributed by atoms with Gasteiger partial charge in [0.15, 0.2) is 0 Å². The Morgan fingerprint density at radius 3 is 2.41 bits per heavy atom. The second-order valence-corrected chi connectivity index (χ2v) is 6.90. The fourth-order valence-corrected chi connectivity index (χ4v) is 3.23. The van der Waals surface area contributed by atoms with Crippen molar-refractivity contribution in [1.82, 2.24) is 4.90 Å². The first kappa shape index (κ1) is 21.2. The van der Waals surface area contributed by atoms with Gasteiger partial charge in [-0.3, -0.25) is 4.79 Å². The van der Waals surface area contributed by atoms with Crippen LogP contribution in [0.25, 0.3) is 0 Å². The summed E-state index contributed by atoms with van der Waals surface area (Å²) in [6.45, 7) is 3.30. The maximum absolute atomic E-state index is 12.9. The van der Waals surface area contributed by atoms with Crippen molar-refractivity contribution in [1.29, 1.82) is 0 Å². The minimum absolute atomic E-state index is 0. The molecule has 0 atom stereocenters. The average molecular weight is 411 g/mol. The second-order valence-electron chi connectivity index (χ2n) is 6.50. The summed E-state index contributed by atoms with van der Waals surface area (Å²) in [4.78, 5) is 14.7.